The highest BCUT2D eigenvalue weighted by molar-refractivity contribution is 6.32. The molecule has 2 atom stereocenters. The minimum atomic E-state index is -0.865. The van der Waals surface area contributed by atoms with Gasteiger partial charge in [0, 0.05) is 5.56 Å². The zero-order chi connectivity index (χ0) is 13.4. The van der Waals surface area contributed by atoms with Crippen LogP contribution in [0.1, 0.15) is 37.9 Å². The van der Waals surface area contributed by atoms with Crippen LogP contribution in [-0.2, 0) is 0 Å². The first-order valence-corrected chi connectivity index (χ1v) is 5.92. The number of aliphatic hydroxyl groups is 1. The molecule has 1 aromatic rings. The Morgan fingerprint density at radius 2 is 1.83 bits per heavy atom. The molecule has 0 aromatic heterocycles. The molecule has 1 aromatic carbocycles. The maximum absolute atomic E-state index is 13.8. The molecular weight excluding hydrogens is 276 g/mol. The Kier molecular flexibility index (Phi) is 6.08. The molecule has 1 rings (SSSR count). The summed E-state index contributed by atoms with van der Waals surface area (Å²) in [5.41, 5.74) is 6.43. The summed E-state index contributed by atoms with van der Waals surface area (Å²) in [7, 11) is 0. The van der Waals surface area contributed by atoms with Crippen LogP contribution in [0.3, 0.4) is 0 Å². The van der Waals surface area contributed by atoms with E-state index in [-0.39, 0.29) is 18.0 Å². The molecule has 0 spiro atoms. The normalized spacial score (nSPS) is 14.9. The van der Waals surface area contributed by atoms with Gasteiger partial charge in [0.25, 0.3) is 0 Å². The van der Waals surface area contributed by atoms with Crippen LogP contribution in [0.4, 0.5) is 4.39 Å². The van der Waals surface area contributed by atoms with Crippen LogP contribution < -0.4 is 5.73 Å². The zero-order valence-electron chi connectivity index (χ0n) is 11.0. The number of aliphatic hydroxyl groups excluding tert-OH is 1. The average molecular weight is 296 g/mol. The van der Waals surface area contributed by atoms with Crippen LogP contribution in [-0.4, -0.2) is 11.2 Å². The summed E-state index contributed by atoms with van der Waals surface area (Å²) >= 11 is 6.06. The van der Waals surface area contributed by atoms with Gasteiger partial charge in [-0.25, -0.2) is 4.39 Å². The fourth-order valence-electron chi connectivity index (χ4n) is 1.68. The summed E-state index contributed by atoms with van der Waals surface area (Å²) in [4.78, 5) is 0. The van der Waals surface area contributed by atoms with Gasteiger partial charge in [0.15, 0.2) is 0 Å². The van der Waals surface area contributed by atoms with E-state index >= 15 is 0 Å². The molecule has 3 N–H and O–H groups in total. The van der Waals surface area contributed by atoms with E-state index in [0.717, 1.165) is 5.56 Å². The van der Waals surface area contributed by atoms with E-state index in [1.165, 1.54) is 6.07 Å². The molecule has 0 saturated carbocycles. The monoisotopic (exact) mass is 295 g/mol. The van der Waals surface area contributed by atoms with E-state index in [4.69, 9.17) is 17.3 Å². The van der Waals surface area contributed by atoms with Gasteiger partial charge in [-0.2, -0.15) is 0 Å². The number of aryl methyl sites for hydroxylation is 1. The van der Waals surface area contributed by atoms with E-state index in [0.29, 0.717) is 5.02 Å². The molecule has 18 heavy (non-hydrogen) atoms. The second-order valence-electron chi connectivity index (χ2n) is 5.43. The highest BCUT2D eigenvalue weighted by atomic mass is 35.5. The fraction of sp³-hybridized carbons (Fsp3) is 0.538. The molecule has 0 bridgehead atoms. The van der Waals surface area contributed by atoms with Gasteiger partial charge in [-0.05, 0) is 24.0 Å². The molecule has 0 aliphatic carbocycles. The highest BCUT2D eigenvalue weighted by Gasteiger charge is 2.32. The van der Waals surface area contributed by atoms with E-state index in [1.807, 2.05) is 20.8 Å². The maximum atomic E-state index is 13.8. The second kappa shape index (κ2) is 6.20. The predicted octanol–water partition coefficient (Wildman–Crippen LogP) is 3.62. The van der Waals surface area contributed by atoms with Gasteiger partial charge in [-0.3, -0.25) is 0 Å². The highest BCUT2D eigenvalue weighted by Crippen LogP contribution is 2.34. The Morgan fingerprint density at radius 3 is 2.28 bits per heavy atom. The Labute approximate surface area is 119 Å². The van der Waals surface area contributed by atoms with Crippen LogP contribution in [0, 0.1) is 18.2 Å². The van der Waals surface area contributed by atoms with Gasteiger partial charge >= 0.3 is 0 Å². The lowest BCUT2D eigenvalue weighted by Gasteiger charge is -2.31. The van der Waals surface area contributed by atoms with Gasteiger partial charge in [0.1, 0.15) is 5.82 Å². The minimum absolute atomic E-state index is 0. The Morgan fingerprint density at radius 1 is 1.33 bits per heavy atom. The van der Waals surface area contributed by atoms with Crippen LogP contribution in [0.25, 0.3) is 0 Å². The number of hydrogen-bond acceptors (Lipinski definition) is 2. The summed E-state index contributed by atoms with van der Waals surface area (Å²) in [6.45, 7) is 7.32. The summed E-state index contributed by atoms with van der Waals surface area (Å²) < 4.78 is 13.8. The predicted molar refractivity (Wildman–Crippen MR) is 75.8 cm³/mol. The maximum Gasteiger partial charge on any atom is 0.129 e. The van der Waals surface area contributed by atoms with E-state index < -0.39 is 23.4 Å². The molecule has 0 amide bonds. The summed E-state index contributed by atoms with van der Waals surface area (Å²) in [6, 6.07) is 2.09. The first-order valence-electron chi connectivity index (χ1n) is 5.54. The van der Waals surface area contributed by atoms with Crippen molar-refractivity contribution in [3.05, 3.63) is 34.1 Å². The molecule has 0 radical (unpaired) electrons. The molecule has 0 saturated heterocycles. The third kappa shape index (κ3) is 3.58. The third-order valence-corrected chi connectivity index (χ3v) is 3.38. The van der Waals surface area contributed by atoms with Gasteiger partial charge in [-0.1, -0.05) is 38.4 Å². The van der Waals surface area contributed by atoms with Crippen molar-refractivity contribution in [2.24, 2.45) is 11.1 Å². The van der Waals surface area contributed by atoms with Crippen molar-refractivity contribution in [2.45, 2.75) is 39.8 Å². The Bertz CT molecular complexity index is 418. The van der Waals surface area contributed by atoms with Crippen molar-refractivity contribution in [1.29, 1.82) is 0 Å². The smallest absolute Gasteiger partial charge is 0.129 e. The molecule has 0 aliphatic rings. The minimum Gasteiger partial charge on any atom is -0.391 e. The van der Waals surface area contributed by atoms with Crippen molar-refractivity contribution >= 4 is 24.0 Å². The molecule has 0 fully saturated rings. The van der Waals surface area contributed by atoms with E-state index in [2.05, 4.69) is 0 Å². The Balaban J connectivity index is 0.00000289. The molecule has 104 valence electrons. The lowest BCUT2D eigenvalue weighted by Crippen LogP contribution is -2.37. The first kappa shape index (κ1) is 17.6. The molecule has 2 nitrogen and oxygen atoms in total. The molecule has 0 heterocycles. The number of halogens is 3. The third-order valence-electron chi connectivity index (χ3n) is 2.88. The van der Waals surface area contributed by atoms with Gasteiger partial charge in [0.05, 0.1) is 17.2 Å². The lowest BCUT2D eigenvalue weighted by atomic mass is 9.82. The molecule has 0 unspecified atom stereocenters. The average Bonchev–Trinajstić information content (AvgIpc) is 2.21. The van der Waals surface area contributed by atoms with Gasteiger partial charge < -0.3 is 10.8 Å². The van der Waals surface area contributed by atoms with Crippen molar-refractivity contribution in [2.75, 3.05) is 0 Å². The van der Waals surface area contributed by atoms with Gasteiger partial charge in [-0.15, -0.1) is 12.4 Å². The largest absolute Gasteiger partial charge is 0.391 e. The van der Waals surface area contributed by atoms with Crippen molar-refractivity contribution in [1.82, 2.24) is 0 Å². The van der Waals surface area contributed by atoms with Crippen LogP contribution in [0.15, 0.2) is 12.1 Å². The number of nitrogens with two attached hydrogens (primary N) is 1. The number of benzene rings is 1. The molecule has 5 heteroatoms. The topological polar surface area (TPSA) is 46.2 Å². The first-order chi connectivity index (χ1) is 7.66. The van der Waals surface area contributed by atoms with Crippen molar-refractivity contribution in [3.63, 3.8) is 0 Å². The second-order valence-corrected chi connectivity index (χ2v) is 5.81. The van der Waals surface area contributed by atoms with Crippen molar-refractivity contribution in [3.8, 4) is 0 Å². The van der Waals surface area contributed by atoms with Crippen LogP contribution in [0.2, 0.25) is 5.02 Å². The number of rotatable bonds is 2. The van der Waals surface area contributed by atoms with E-state index in [9.17, 15) is 9.50 Å². The van der Waals surface area contributed by atoms with Crippen LogP contribution >= 0.6 is 24.0 Å². The zero-order valence-corrected chi connectivity index (χ0v) is 12.6. The number of hydrogen-bond donors (Lipinski definition) is 2. The lowest BCUT2D eigenvalue weighted by molar-refractivity contribution is 0.0392. The SMILES string of the molecule is Cc1ccc(F)c([C@H](N)[C@H](O)C(C)(C)C)c1Cl.Cl. The van der Waals surface area contributed by atoms with Crippen molar-refractivity contribution < 1.29 is 9.50 Å². The summed E-state index contributed by atoms with van der Waals surface area (Å²) in [6.07, 6.45) is -0.865. The van der Waals surface area contributed by atoms with Gasteiger partial charge in [0.2, 0.25) is 0 Å². The fourth-order valence-corrected chi connectivity index (χ4v) is 1.96. The Hall–Kier alpha value is -0.350. The summed E-state index contributed by atoms with van der Waals surface area (Å²) in [5.74, 6) is -0.476. The van der Waals surface area contributed by atoms with E-state index in [1.54, 1.807) is 13.0 Å². The quantitative estimate of drug-likeness (QED) is 0.875. The summed E-state index contributed by atoms with van der Waals surface area (Å²) in [5, 5.41) is 10.4. The molecule has 0 aliphatic heterocycles. The van der Waals surface area contributed by atoms with Crippen LogP contribution in [0.5, 0.6) is 0 Å². The standard InChI is InChI=1S/C13H19ClFNO.ClH/c1-7-5-6-8(15)9(10(7)14)11(16)12(17)13(2,3)4;/h5-6,11-12,17H,16H2,1-4H3;1H/t11-,12-;/m0./s1. The molecular formula is C13H20Cl2FNO.